The lowest BCUT2D eigenvalue weighted by atomic mass is 9.89. The first kappa shape index (κ1) is 26.3. The zero-order chi connectivity index (χ0) is 26.6. The lowest BCUT2D eigenvalue weighted by molar-refractivity contribution is -0.192. The highest BCUT2D eigenvalue weighted by atomic mass is 19.4. The van der Waals surface area contributed by atoms with E-state index in [4.69, 9.17) is 14.6 Å². The predicted octanol–water partition coefficient (Wildman–Crippen LogP) is 4.02. The number of aromatic nitrogens is 3. The molecule has 1 saturated heterocycles. The summed E-state index contributed by atoms with van der Waals surface area (Å²) >= 11 is 0. The summed E-state index contributed by atoms with van der Waals surface area (Å²) in [7, 11) is 0. The van der Waals surface area contributed by atoms with E-state index in [1.165, 1.54) is 5.56 Å². The van der Waals surface area contributed by atoms with Gasteiger partial charge in [-0.1, -0.05) is 29.8 Å². The van der Waals surface area contributed by atoms with Crippen molar-refractivity contribution in [3.05, 3.63) is 71.9 Å². The Balaban J connectivity index is 0.000000405. The number of piperidine rings is 1. The van der Waals surface area contributed by atoms with Crippen LogP contribution in [0.4, 0.5) is 13.2 Å². The second-order valence-corrected chi connectivity index (χ2v) is 9.21. The Kier molecular flexibility index (Phi) is 7.63. The number of ether oxygens (including phenoxy) is 1. The summed E-state index contributed by atoms with van der Waals surface area (Å²) in [6, 6.07) is 12.2. The Hall–Kier alpha value is -3.73. The van der Waals surface area contributed by atoms with Crippen molar-refractivity contribution in [3.8, 4) is 11.3 Å². The molecule has 1 spiro atoms. The van der Waals surface area contributed by atoms with E-state index in [2.05, 4.69) is 39.7 Å². The van der Waals surface area contributed by atoms with Crippen LogP contribution in [-0.4, -0.2) is 61.3 Å². The molecule has 5 rings (SSSR count). The van der Waals surface area contributed by atoms with E-state index < -0.39 is 12.1 Å². The number of imidazole rings is 1. The van der Waals surface area contributed by atoms with Crippen LogP contribution in [-0.2, 0) is 33.9 Å². The van der Waals surface area contributed by atoms with Gasteiger partial charge in [-0.05, 0) is 37.5 Å². The van der Waals surface area contributed by atoms with Crippen LogP contribution in [0.1, 0.15) is 29.8 Å². The molecule has 0 bridgehead atoms. The second kappa shape index (κ2) is 10.7. The van der Waals surface area contributed by atoms with E-state index in [0.717, 1.165) is 55.1 Å². The van der Waals surface area contributed by atoms with E-state index in [1.807, 2.05) is 35.5 Å². The van der Waals surface area contributed by atoms with Crippen molar-refractivity contribution in [1.29, 1.82) is 0 Å². The number of alkyl halides is 3. The fourth-order valence-electron chi connectivity index (χ4n) is 4.46. The van der Waals surface area contributed by atoms with Crippen LogP contribution in [0.3, 0.4) is 0 Å². The van der Waals surface area contributed by atoms with E-state index in [1.54, 1.807) is 6.20 Å². The number of hydrogen-bond donors (Lipinski definition) is 1. The van der Waals surface area contributed by atoms with Crippen LogP contribution in [0.25, 0.3) is 11.3 Å². The summed E-state index contributed by atoms with van der Waals surface area (Å²) in [5.74, 6) is -1.60. The number of aryl methyl sites for hydroxylation is 1. The van der Waals surface area contributed by atoms with Gasteiger partial charge in [0.2, 0.25) is 5.91 Å². The quantitative estimate of drug-likeness (QED) is 0.565. The number of rotatable bonds is 3. The Morgan fingerprint density at radius 3 is 2.38 bits per heavy atom. The van der Waals surface area contributed by atoms with Gasteiger partial charge in [0.15, 0.2) is 0 Å². The predicted molar refractivity (Wildman–Crippen MR) is 127 cm³/mol. The number of hydrogen-bond acceptors (Lipinski definition) is 5. The van der Waals surface area contributed by atoms with Crippen LogP contribution >= 0.6 is 0 Å². The van der Waals surface area contributed by atoms with Crippen LogP contribution < -0.4 is 0 Å². The standard InChI is InChI=1S/C24H26N4O2.C2HF3O2/c1-18-4-6-19(7-5-18)13-23(29)27-11-8-24(9-12-27)17-28-21(15-26-22(28)16-30-24)20-3-2-10-25-14-20;3-2(4,5)1(6)7/h2-7,10,14-15H,8-9,11-13,16-17H2,1H3;(H,6,7). The normalized spacial score (nSPS) is 16.5. The third-order valence-corrected chi connectivity index (χ3v) is 6.60. The Labute approximate surface area is 211 Å². The molecule has 3 aromatic rings. The van der Waals surface area contributed by atoms with Crippen LogP contribution in [0, 0.1) is 6.92 Å². The first-order chi connectivity index (χ1) is 17.6. The number of fused-ring (bicyclic) bond motifs is 1. The Morgan fingerprint density at radius 1 is 1.11 bits per heavy atom. The number of aliphatic carboxylic acids is 1. The number of halogens is 3. The number of carbonyl (C=O) groups excluding carboxylic acids is 1. The number of amides is 1. The monoisotopic (exact) mass is 516 g/mol. The fourth-order valence-corrected chi connectivity index (χ4v) is 4.46. The van der Waals surface area contributed by atoms with E-state index >= 15 is 0 Å². The second-order valence-electron chi connectivity index (χ2n) is 9.21. The van der Waals surface area contributed by atoms with Gasteiger partial charge in [-0.2, -0.15) is 13.2 Å². The third kappa shape index (κ3) is 6.34. The molecule has 0 saturated carbocycles. The summed E-state index contributed by atoms with van der Waals surface area (Å²) in [5.41, 5.74) is 4.21. The molecule has 1 N–H and O–H groups in total. The topological polar surface area (TPSA) is 97.5 Å². The molecular formula is C26H27F3N4O4. The number of pyridine rings is 1. The first-order valence-electron chi connectivity index (χ1n) is 11.8. The third-order valence-electron chi connectivity index (χ3n) is 6.60. The van der Waals surface area contributed by atoms with Crippen molar-refractivity contribution >= 4 is 11.9 Å². The highest BCUT2D eigenvalue weighted by Crippen LogP contribution is 2.35. The largest absolute Gasteiger partial charge is 0.490 e. The summed E-state index contributed by atoms with van der Waals surface area (Å²) in [5, 5.41) is 7.12. The minimum absolute atomic E-state index is 0.198. The molecule has 1 aromatic carbocycles. The van der Waals surface area contributed by atoms with Gasteiger partial charge in [0.25, 0.3) is 0 Å². The van der Waals surface area contributed by atoms with Gasteiger partial charge in [-0.25, -0.2) is 9.78 Å². The maximum absolute atomic E-state index is 12.8. The van der Waals surface area contributed by atoms with Crippen molar-refractivity contribution in [2.45, 2.75) is 51.1 Å². The molecule has 4 heterocycles. The Morgan fingerprint density at radius 2 is 1.78 bits per heavy atom. The summed E-state index contributed by atoms with van der Waals surface area (Å²) < 4.78 is 40.3. The summed E-state index contributed by atoms with van der Waals surface area (Å²) in [6.07, 6.45) is 2.64. The number of nitrogens with zero attached hydrogens (tertiary/aromatic N) is 4. The highest BCUT2D eigenvalue weighted by molar-refractivity contribution is 5.79. The van der Waals surface area contributed by atoms with Crippen molar-refractivity contribution in [2.24, 2.45) is 0 Å². The van der Waals surface area contributed by atoms with Crippen molar-refractivity contribution < 1.29 is 32.6 Å². The molecule has 0 aliphatic carbocycles. The molecular weight excluding hydrogens is 489 g/mol. The number of likely N-dealkylation sites (tertiary alicyclic amines) is 1. The van der Waals surface area contributed by atoms with Gasteiger partial charge in [0, 0.05) is 31.0 Å². The van der Waals surface area contributed by atoms with Gasteiger partial charge < -0.3 is 19.3 Å². The molecule has 2 aliphatic rings. The van der Waals surface area contributed by atoms with E-state index in [9.17, 15) is 18.0 Å². The molecule has 0 unspecified atom stereocenters. The maximum atomic E-state index is 12.8. The van der Waals surface area contributed by atoms with E-state index in [0.29, 0.717) is 13.0 Å². The van der Waals surface area contributed by atoms with Gasteiger partial charge in [-0.15, -0.1) is 0 Å². The van der Waals surface area contributed by atoms with Crippen LogP contribution in [0.2, 0.25) is 0 Å². The van der Waals surface area contributed by atoms with Crippen molar-refractivity contribution in [1.82, 2.24) is 19.4 Å². The van der Waals surface area contributed by atoms with Gasteiger partial charge >= 0.3 is 12.1 Å². The minimum Gasteiger partial charge on any atom is -0.475 e. The SMILES string of the molecule is Cc1ccc(CC(=O)N2CCC3(CC2)Cn2c(-c4cccnc4)cnc2CO3)cc1.O=C(O)C(F)(F)F. The van der Waals surface area contributed by atoms with Crippen molar-refractivity contribution in [3.63, 3.8) is 0 Å². The van der Waals surface area contributed by atoms with Crippen LogP contribution in [0.5, 0.6) is 0 Å². The number of carboxylic acid groups (broad SMARTS) is 1. The zero-order valence-corrected chi connectivity index (χ0v) is 20.2. The van der Waals surface area contributed by atoms with E-state index in [-0.39, 0.29) is 11.5 Å². The molecule has 0 atom stereocenters. The zero-order valence-electron chi connectivity index (χ0n) is 20.2. The molecule has 1 fully saturated rings. The average molecular weight is 517 g/mol. The molecule has 37 heavy (non-hydrogen) atoms. The molecule has 0 radical (unpaired) electrons. The van der Waals surface area contributed by atoms with Crippen LogP contribution in [0.15, 0.2) is 55.0 Å². The molecule has 2 aliphatic heterocycles. The highest BCUT2D eigenvalue weighted by Gasteiger charge is 2.41. The number of carbonyl (C=O) groups is 2. The van der Waals surface area contributed by atoms with Gasteiger partial charge in [-0.3, -0.25) is 9.78 Å². The van der Waals surface area contributed by atoms with Gasteiger partial charge in [0.1, 0.15) is 12.4 Å². The minimum atomic E-state index is -5.08. The number of benzene rings is 1. The maximum Gasteiger partial charge on any atom is 0.490 e. The summed E-state index contributed by atoms with van der Waals surface area (Å²) in [6.45, 7) is 4.81. The molecule has 11 heteroatoms. The number of carboxylic acids is 1. The fraction of sp³-hybridized carbons (Fsp3) is 0.385. The van der Waals surface area contributed by atoms with Crippen molar-refractivity contribution in [2.75, 3.05) is 13.1 Å². The smallest absolute Gasteiger partial charge is 0.475 e. The molecule has 196 valence electrons. The average Bonchev–Trinajstić information content (AvgIpc) is 3.29. The summed E-state index contributed by atoms with van der Waals surface area (Å²) in [4.78, 5) is 32.5. The van der Waals surface area contributed by atoms with Gasteiger partial charge in [0.05, 0.1) is 30.5 Å². The Bertz CT molecular complexity index is 1230. The molecule has 1 amide bonds. The first-order valence-corrected chi connectivity index (χ1v) is 11.8. The molecule has 2 aromatic heterocycles. The molecule has 8 nitrogen and oxygen atoms in total. The lowest BCUT2D eigenvalue weighted by Gasteiger charge is -2.44. The lowest BCUT2D eigenvalue weighted by Crippen LogP contribution is -2.52.